The summed E-state index contributed by atoms with van der Waals surface area (Å²) < 4.78 is -0.648. The van der Waals surface area contributed by atoms with Gasteiger partial charge in [0.2, 0.25) is 11.8 Å². The minimum atomic E-state index is -1.06. The molecule has 5 N–H and O–H groups in total. The summed E-state index contributed by atoms with van der Waals surface area (Å²) in [6.45, 7) is 3.53. The summed E-state index contributed by atoms with van der Waals surface area (Å²) >= 11 is 1.35. The van der Waals surface area contributed by atoms with Gasteiger partial charge in [0.05, 0.1) is 0 Å². The van der Waals surface area contributed by atoms with Crippen LogP contribution in [0, 0.1) is 0 Å². The van der Waals surface area contributed by atoms with E-state index in [0.717, 1.165) is 0 Å². The van der Waals surface area contributed by atoms with E-state index < -0.39 is 46.0 Å². The molecule has 2 aliphatic heterocycles. The number of benzene rings is 1. The Hall–Kier alpha value is -2.26. The van der Waals surface area contributed by atoms with Gasteiger partial charge in [0.15, 0.2) is 0 Å². The molecule has 0 aromatic heterocycles. The number of β-lactam (4-membered cyclic amide) rings is 1. The third kappa shape index (κ3) is 2.83. The lowest BCUT2D eigenvalue weighted by atomic mass is 9.95. The first-order chi connectivity index (χ1) is 11.6. The Labute approximate surface area is 148 Å². The Morgan fingerprint density at radius 3 is 2.48 bits per heavy atom. The zero-order chi connectivity index (χ0) is 18.5. The fraction of sp³-hybridized carbons (Fsp3) is 0.438. The number of carboxylic acid groups (broad SMARTS) is 1. The molecule has 9 heteroatoms. The van der Waals surface area contributed by atoms with E-state index in [-0.39, 0.29) is 5.75 Å². The van der Waals surface area contributed by atoms with Gasteiger partial charge in [-0.2, -0.15) is 0 Å². The minimum Gasteiger partial charge on any atom is -0.508 e. The monoisotopic (exact) mass is 365 g/mol. The molecule has 2 amide bonds. The molecule has 2 heterocycles. The van der Waals surface area contributed by atoms with E-state index in [4.69, 9.17) is 5.73 Å². The highest BCUT2D eigenvalue weighted by atomic mass is 32.2. The number of thioether (sulfide) groups is 1. The lowest BCUT2D eigenvalue weighted by Crippen LogP contribution is -2.71. The molecule has 0 saturated carbocycles. The van der Waals surface area contributed by atoms with Crippen molar-refractivity contribution in [3.63, 3.8) is 0 Å². The average Bonchev–Trinajstić information content (AvgIpc) is 2.80. The van der Waals surface area contributed by atoms with E-state index in [0.29, 0.717) is 5.56 Å². The van der Waals surface area contributed by atoms with Crippen LogP contribution in [0.1, 0.15) is 25.5 Å². The number of amides is 2. The number of aromatic hydroxyl groups is 1. The van der Waals surface area contributed by atoms with Crippen LogP contribution in [0.3, 0.4) is 0 Å². The molecular formula is C16H19N3O5S. The van der Waals surface area contributed by atoms with Gasteiger partial charge in [-0.05, 0) is 31.5 Å². The fourth-order valence-corrected chi connectivity index (χ4v) is 4.85. The second kappa shape index (κ2) is 5.92. The van der Waals surface area contributed by atoms with Crippen molar-refractivity contribution in [2.24, 2.45) is 5.73 Å². The zero-order valence-electron chi connectivity index (χ0n) is 13.7. The van der Waals surface area contributed by atoms with Gasteiger partial charge in [-0.15, -0.1) is 11.8 Å². The molecule has 2 saturated heterocycles. The molecule has 0 radical (unpaired) electrons. The number of nitrogens with one attached hydrogen (secondary N) is 1. The molecule has 2 aliphatic rings. The van der Waals surface area contributed by atoms with Crippen LogP contribution in [0.2, 0.25) is 0 Å². The molecule has 1 aromatic rings. The van der Waals surface area contributed by atoms with Crippen molar-refractivity contribution in [1.82, 2.24) is 10.2 Å². The molecule has 8 nitrogen and oxygen atoms in total. The Kier molecular flexibility index (Phi) is 4.16. The molecule has 2 fully saturated rings. The number of carboxylic acids is 1. The standard InChI is InChI=1S/C16H19N3O5S/c1-16(2)11(15(23)24)19-13(22)10(14(19)25-16)18-12(21)9(17)7-3-5-8(20)6-4-7/h3-6,9-11,14,20H,17H2,1-2H3,(H,18,21)(H,23,24)/t9-,10?,11?,14?/m1/s1. The van der Waals surface area contributed by atoms with Crippen LogP contribution in [0.5, 0.6) is 5.75 Å². The van der Waals surface area contributed by atoms with Crippen molar-refractivity contribution in [2.45, 2.75) is 42.1 Å². The van der Waals surface area contributed by atoms with Crippen molar-refractivity contribution in [3.8, 4) is 5.75 Å². The van der Waals surface area contributed by atoms with Crippen molar-refractivity contribution in [3.05, 3.63) is 29.8 Å². The SMILES string of the molecule is CC1(C)SC2C(NC(=O)[C@H](N)c3ccc(O)cc3)C(=O)N2C1C(=O)O. The molecule has 3 rings (SSSR count). The molecule has 3 unspecified atom stereocenters. The van der Waals surface area contributed by atoms with Crippen LogP contribution >= 0.6 is 11.8 Å². The Bertz CT molecular complexity index is 736. The molecule has 1 aromatic carbocycles. The summed E-state index contributed by atoms with van der Waals surface area (Å²) in [6, 6.07) is 3.21. The summed E-state index contributed by atoms with van der Waals surface area (Å²) in [5.74, 6) is -1.94. The summed E-state index contributed by atoms with van der Waals surface area (Å²) in [4.78, 5) is 37.5. The normalized spacial score (nSPS) is 28.0. The van der Waals surface area contributed by atoms with Gasteiger partial charge < -0.3 is 26.2 Å². The van der Waals surface area contributed by atoms with E-state index in [1.807, 2.05) is 0 Å². The number of carbonyl (C=O) groups excluding carboxylic acids is 2. The summed E-state index contributed by atoms with van der Waals surface area (Å²) in [7, 11) is 0. The number of nitrogens with zero attached hydrogens (tertiary/aromatic N) is 1. The number of phenols is 1. The predicted octanol–water partition coefficient (Wildman–Crippen LogP) is 0.0237. The fourth-order valence-electron chi connectivity index (χ4n) is 3.22. The number of aliphatic carboxylic acids is 1. The molecule has 0 spiro atoms. The first kappa shape index (κ1) is 17.6. The zero-order valence-corrected chi connectivity index (χ0v) is 14.5. The Balaban J connectivity index is 1.70. The topological polar surface area (TPSA) is 133 Å². The molecule has 134 valence electrons. The summed E-state index contributed by atoms with van der Waals surface area (Å²) in [5.41, 5.74) is 6.41. The van der Waals surface area contributed by atoms with Gasteiger partial charge >= 0.3 is 5.97 Å². The summed E-state index contributed by atoms with van der Waals surface area (Å²) in [6.07, 6.45) is 0. The van der Waals surface area contributed by atoms with Crippen LogP contribution in [-0.4, -0.2) is 55.1 Å². The lowest BCUT2D eigenvalue weighted by molar-refractivity contribution is -0.161. The number of nitrogens with two attached hydrogens (primary N) is 1. The van der Waals surface area contributed by atoms with Crippen LogP contribution in [-0.2, 0) is 14.4 Å². The minimum absolute atomic E-state index is 0.0606. The molecule has 0 aliphatic carbocycles. The lowest BCUT2D eigenvalue weighted by Gasteiger charge is -2.43. The molecule has 0 bridgehead atoms. The van der Waals surface area contributed by atoms with E-state index in [1.54, 1.807) is 13.8 Å². The number of fused-ring (bicyclic) bond motifs is 1. The first-order valence-electron chi connectivity index (χ1n) is 7.71. The van der Waals surface area contributed by atoms with Crippen LogP contribution in [0.25, 0.3) is 0 Å². The van der Waals surface area contributed by atoms with Gasteiger partial charge in [0.25, 0.3) is 0 Å². The van der Waals surface area contributed by atoms with E-state index in [9.17, 15) is 24.6 Å². The number of carbonyl (C=O) groups is 3. The van der Waals surface area contributed by atoms with Crippen molar-refractivity contribution in [2.75, 3.05) is 0 Å². The van der Waals surface area contributed by atoms with Crippen molar-refractivity contribution < 1.29 is 24.6 Å². The largest absolute Gasteiger partial charge is 0.508 e. The maximum absolute atomic E-state index is 12.3. The molecule has 25 heavy (non-hydrogen) atoms. The van der Waals surface area contributed by atoms with Crippen molar-refractivity contribution >= 4 is 29.5 Å². The van der Waals surface area contributed by atoms with Gasteiger partial charge in [0, 0.05) is 4.75 Å². The Morgan fingerprint density at radius 2 is 1.92 bits per heavy atom. The molecular weight excluding hydrogens is 346 g/mol. The van der Waals surface area contributed by atoms with Gasteiger partial charge in [-0.25, -0.2) is 4.79 Å². The number of hydrogen-bond acceptors (Lipinski definition) is 6. The van der Waals surface area contributed by atoms with Gasteiger partial charge in [0.1, 0.15) is 29.2 Å². The second-order valence-electron chi connectivity index (χ2n) is 6.65. The predicted molar refractivity (Wildman–Crippen MR) is 90.7 cm³/mol. The van der Waals surface area contributed by atoms with Crippen LogP contribution in [0.4, 0.5) is 0 Å². The van der Waals surface area contributed by atoms with Gasteiger partial charge in [-0.1, -0.05) is 12.1 Å². The Morgan fingerprint density at radius 1 is 1.32 bits per heavy atom. The highest BCUT2D eigenvalue weighted by Crippen LogP contribution is 2.50. The second-order valence-corrected chi connectivity index (χ2v) is 8.42. The van der Waals surface area contributed by atoms with Crippen LogP contribution < -0.4 is 11.1 Å². The third-order valence-electron chi connectivity index (χ3n) is 4.51. The number of phenolic OH excluding ortho intramolecular Hbond substituents is 1. The van der Waals surface area contributed by atoms with E-state index >= 15 is 0 Å². The number of hydrogen-bond donors (Lipinski definition) is 4. The maximum atomic E-state index is 12.3. The molecule has 4 atom stereocenters. The highest BCUT2D eigenvalue weighted by molar-refractivity contribution is 8.01. The smallest absolute Gasteiger partial charge is 0.327 e. The number of rotatable bonds is 4. The third-order valence-corrected chi connectivity index (χ3v) is 6.08. The van der Waals surface area contributed by atoms with Crippen LogP contribution in [0.15, 0.2) is 24.3 Å². The summed E-state index contributed by atoms with van der Waals surface area (Å²) in [5, 5.41) is 20.9. The van der Waals surface area contributed by atoms with Crippen molar-refractivity contribution in [1.29, 1.82) is 0 Å². The quantitative estimate of drug-likeness (QED) is 0.553. The van der Waals surface area contributed by atoms with E-state index in [1.165, 1.54) is 40.9 Å². The maximum Gasteiger partial charge on any atom is 0.327 e. The van der Waals surface area contributed by atoms with Gasteiger partial charge in [-0.3, -0.25) is 9.59 Å². The average molecular weight is 365 g/mol. The first-order valence-corrected chi connectivity index (χ1v) is 8.59. The van der Waals surface area contributed by atoms with E-state index in [2.05, 4.69) is 5.32 Å². The highest BCUT2D eigenvalue weighted by Gasteiger charge is 2.64.